The molecule has 0 bridgehead atoms. The topological polar surface area (TPSA) is 40.5 Å². The van der Waals surface area contributed by atoms with Crippen LogP contribution >= 0.6 is 0 Å². The minimum atomic E-state index is 0.906. The number of aromatic nitrogens is 1. The van der Waals surface area contributed by atoms with Crippen LogP contribution in [0.5, 0.6) is 0 Å². The molecule has 0 radical (unpaired) electrons. The van der Waals surface area contributed by atoms with Crippen LogP contribution < -0.4 is 10.2 Å². The molecule has 0 atom stereocenters. The predicted octanol–water partition coefficient (Wildman–Crippen LogP) is 4.54. The zero-order valence-corrected chi connectivity index (χ0v) is 15.2. The van der Waals surface area contributed by atoms with E-state index in [0.717, 1.165) is 49.6 Å². The number of hydrogen-bond donors (Lipinski definition) is 1. The maximum atomic E-state index is 5.08. The Balaban J connectivity index is 1.87. The summed E-state index contributed by atoms with van der Waals surface area (Å²) >= 11 is 0. The molecule has 4 rings (SSSR count). The van der Waals surface area contributed by atoms with Crippen molar-refractivity contribution in [1.82, 2.24) is 10.3 Å². The number of rotatable bonds is 5. The van der Waals surface area contributed by atoms with E-state index in [-0.39, 0.29) is 0 Å². The first-order chi connectivity index (χ1) is 12.9. The zero-order valence-electron chi connectivity index (χ0n) is 15.2. The molecule has 132 valence electrons. The second kappa shape index (κ2) is 7.67. The van der Waals surface area contributed by atoms with Gasteiger partial charge in [-0.05, 0) is 56.6 Å². The van der Waals surface area contributed by atoms with E-state index in [0.29, 0.717) is 0 Å². The van der Waals surface area contributed by atoms with E-state index in [2.05, 4.69) is 63.8 Å². The molecule has 1 aromatic carbocycles. The van der Waals surface area contributed by atoms with E-state index in [4.69, 9.17) is 4.99 Å². The molecule has 0 saturated carbocycles. The fourth-order valence-corrected chi connectivity index (χ4v) is 3.57. The highest BCUT2D eigenvalue weighted by Gasteiger charge is 2.25. The Morgan fingerprint density at radius 1 is 1.15 bits per heavy atom. The van der Waals surface area contributed by atoms with Crippen molar-refractivity contribution in [3.8, 4) is 0 Å². The molecule has 26 heavy (non-hydrogen) atoms. The van der Waals surface area contributed by atoms with Crippen molar-refractivity contribution in [1.29, 1.82) is 0 Å². The van der Waals surface area contributed by atoms with Crippen molar-refractivity contribution in [2.45, 2.75) is 19.3 Å². The lowest BCUT2D eigenvalue weighted by molar-refractivity contribution is 0.721. The Hall–Kier alpha value is -2.72. The number of nitrogens with zero attached hydrogens (tertiary/aromatic N) is 3. The highest BCUT2D eigenvalue weighted by atomic mass is 15.2. The van der Waals surface area contributed by atoms with Crippen molar-refractivity contribution in [3.63, 3.8) is 0 Å². The first kappa shape index (κ1) is 16.7. The molecule has 4 heteroatoms. The van der Waals surface area contributed by atoms with Gasteiger partial charge in [0, 0.05) is 18.3 Å². The summed E-state index contributed by atoms with van der Waals surface area (Å²) in [5.74, 6) is 0.943. The minimum Gasteiger partial charge on any atom is -0.324 e. The largest absolute Gasteiger partial charge is 0.324 e. The predicted molar refractivity (Wildman–Crippen MR) is 109 cm³/mol. The van der Waals surface area contributed by atoms with Crippen LogP contribution in [-0.2, 0) is 0 Å². The fraction of sp³-hybridized carbons (Fsp3) is 0.273. The average Bonchev–Trinajstić information content (AvgIpc) is 2.84. The van der Waals surface area contributed by atoms with Gasteiger partial charge in [-0.1, -0.05) is 36.4 Å². The Kier molecular flexibility index (Phi) is 4.93. The van der Waals surface area contributed by atoms with Crippen LogP contribution in [0, 0.1) is 0 Å². The van der Waals surface area contributed by atoms with Gasteiger partial charge in [0.1, 0.15) is 5.69 Å². The fourth-order valence-electron chi connectivity index (χ4n) is 3.57. The van der Waals surface area contributed by atoms with Crippen molar-refractivity contribution in [2.24, 2.45) is 4.99 Å². The second-order valence-electron chi connectivity index (χ2n) is 6.59. The number of anilines is 2. The molecule has 0 saturated heterocycles. The standard InChI is InChI=1S/C22H24N4/c1-23-14-8-16-26-20-13-6-5-11-18(20)21(17-9-3-2-4-10-17)25-19-12-7-15-24-22(19)26/h2-3,5-7,9,11-13,15,23H,4,8,10,14,16H2,1H3. The lowest BCUT2D eigenvalue weighted by Crippen LogP contribution is -2.24. The molecule has 1 aliphatic heterocycles. The van der Waals surface area contributed by atoms with E-state index in [1.54, 1.807) is 0 Å². The minimum absolute atomic E-state index is 0.906. The van der Waals surface area contributed by atoms with Crippen LogP contribution in [0.2, 0.25) is 0 Å². The second-order valence-corrected chi connectivity index (χ2v) is 6.59. The van der Waals surface area contributed by atoms with E-state index in [1.807, 2.05) is 19.3 Å². The summed E-state index contributed by atoms with van der Waals surface area (Å²) in [7, 11) is 1.99. The summed E-state index contributed by atoms with van der Waals surface area (Å²) in [6, 6.07) is 12.6. The van der Waals surface area contributed by atoms with Gasteiger partial charge in [0.05, 0.1) is 11.4 Å². The van der Waals surface area contributed by atoms with Crippen molar-refractivity contribution in [2.75, 3.05) is 25.0 Å². The van der Waals surface area contributed by atoms with Crippen LogP contribution in [0.25, 0.3) is 0 Å². The summed E-state index contributed by atoms with van der Waals surface area (Å²) in [4.78, 5) is 12.1. The smallest absolute Gasteiger partial charge is 0.159 e. The van der Waals surface area contributed by atoms with Gasteiger partial charge in [-0.3, -0.25) is 0 Å². The number of aliphatic imine (C=N–C) groups is 1. The molecule has 0 fully saturated rings. The maximum absolute atomic E-state index is 5.08. The Morgan fingerprint density at radius 3 is 2.92 bits per heavy atom. The third-order valence-corrected chi connectivity index (χ3v) is 4.83. The molecule has 4 nitrogen and oxygen atoms in total. The molecule has 2 aromatic rings. The van der Waals surface area contributed by atoms with Crippen LogP contribution in [-0.4, -0.2) is 30.8 Å². The summed E-state index contributed by atoms with van der Waals surface area (Å²) < 4.78 is 0. The van der Waals surface area contributed by atoms with E-state index in [1.165, 1.54) is 16.8 Å². The Bertz CT molecular complexity index is 879. The van der Waals surface area contributed by atoms with Gasteiger partial charge in [-0.2, -0.15) is 0 Å². The summed E-state index contributed by atoms with van der Waals surface area (Å²) in [5, 5.41) is 3.24. The van der Waals surface area contributed by atoms with Gasteiger partial charge < -0.3 is 10.2 Å². The molecule has 2 heterocycles. The highest BCUT2D eigenvalue weighted by Crippen LogP contribution is 2.39. The average molecular weight is 344 g/mol. The van der Waals surface area contributed by atoms with Crippen LogP contribution in [0.3, 0.4) is 0 Å². The first-order valence-electron chi connectivity index (χ1n) is 9.30. The molecular weight excluding hydrogens is 320 g/mol. The normalized spacial score (nSPS) is 15.7. The molecule has 1 aromatic heterocycles. The number of allylic oxidation sites excluding steroid dienone is 4. The first-order valence-corrected chi connectivity index (χ1v) is 9.30. The molecular formula is C22H24N4. The number of pyridine rings is 1. The van der Waals surface area contributed by atoms with Crippen LogP contribution in [0.15, 0.2) is 71.4 Å². The summed E-state index contributed by atoms with van der Waals surface area (Å²) in [6.45, 7) is 1.88. The Labute approximate surface area is 155 Å². The molecule has 2 aliphatic rings. The molecule has 0 amide bonds. The van der Waals surface area contributed by atoms with Crippen LogP contribution in [0.1, 0.15) is 24.8 Å². The molecule has 0 spiro atoms. The number of nitrogens with one attached hydrogen (secondary N) is 1. The van der Waals surface area contributed by atoms with Gasteiger partial charge in [0.15, 0.2) is 5.82 Å². The quantitative estimate of drug-likeness (QED) is 0.810. The molecule has 1 aliphatic carbocycles. The van der Waals surface area contributed by atoms with Gasteiger partial charge in [0.2, 0.25) is 0 Å². The lowest BCUT2D eigenvalue weighted by Gasteiger charge is -2.25. The zero-order chi connectivity index (χ0) is 17.8. The van der Waals surface area contributed by atoms with Crippen molar-refractivity contribution < 1.29 is 0 Å². The summed E-state index contributed by atoms with van der Waals surface area (Å²) in [5.41, 5.74) is 5.70. The van der Waals surface area contributed by atoms with Gasteiger partial charge in [0.25, 0.3) is 0 Å². The maximum Gasteiger partial charge on any atom is 0.159 e. The lowest BCUT2D eigenvalue weighted by atomic mass is 9.94. The third-order valence-electron chi connectivity index (χ3n) is 4.83. The van der Waals surface area contributed by atoms with E-state index in [9.17, 15) is 0 Å². The Morgan fingerprint density at radius 2 is 2.08 bits per heavy atom. The SMILES string of the molecule is CNCCCN1c2ccccc2C(C2=CC=CCC2)=Nc2cccnc21. The number of hydrogen-bond acceptors (Lipinski definition) is 4. The van der Waals surface area contributed by atoms with Crippen molar-refractivity contribution in [3.05, 3.63) is 72.0 Å². The number of benzene rings is 1. The highest BCUT2D eigenvalue weighted by molar-refractivity contribution is 6.18. The van der Waals surface area contributed by atoms with Gasteiger partial charge in [-0.25, -0.2) is 9.98 Å². The van der Waals surface area contributed by atoms with Crippen LogP contribution in [0.4, 0.5) is 17.2 Å². The van der Waals surface area contributed by atoms with E-state index < -0.39 is 0 Å². The summed E-state index contributed by atoms with van der Waals surface area (Å²) in [6.07, 6.45) is 11.6. The number of para-hydroxylation sites is 1. The molecule has 1 N–H and O–H groups in total. The van der Waals surface area contributed by atoms with Gasteiger partial charge in [-0.15, -0.1) is 0 Å². The van der Waals surface area contributed by atoms with E-state index >= 15 is 0 Å². The molecule has 0 unspecified atom stereocenters. The number of fused-ring (bicyclic) bond motifs is 2. The van der Waals surface area contributed by atoms with Gasteiger partial charge >= 0.3 is 0 Å². The van der Waals surface area contributed by atoms with Crippen molar-refractivity contribution >= 4 is 22.9 Å². The third kappa shape index (κ3) is 3.20. The monoisotopic (exact) mass is 344 g/mol.